The number of nitrogens with one attached hydrogen (secondary N) is 1. The van der Waals surface area contributed by atoms with E-state index in [1.165, 1.54) is 20.2 Å². The van der Waals surface area contributed by atoms with Gasteiger partial charge in [0.1, 0.15) is 0 Å². The summed E-state index contributed by atoms with van der Waals surface area (Å²) < 4.78 is 30.0. The maximum absolute atomic E-state index is 11.9. The third kappa shape index (κ3) is 4.09. The van der Waals surface area contributed by atoms with Crippen molar-refractivity contribution >= 4 is 21.4 Å². The Morgan fingerprint density at radius 3 is 2.58 bits per heavy atom. The third-order valence-corrected chi connectivity index (χ3v) is 4.45. The van der Waals surface area contributed by atoms with Gasteiger partial charge in [-0.15, -0.1) is 0 Å². The van der Waals surface area contributed by atoms with Gasteiger partial charge >= 0.3 is 0 Å². The largest absolute Gasteiger partial charge is 0.397 e. The average molecular weight is 287 g/mol. The van der Waals surface area contributed by atoms with Gasteiger partial charge in [0, 0.05) is 34.4 Å². The summed E-state index contributed by atoms with van der Waals surface area (Å²) >= 11 is 0. The summed E-state index contributed by atoms with van der Waals surface area (Å²) in [6.07, 6.45) is 0.855. The number of hydrogen-bond acceptors (Lipinski definition) is 5. The number of methoxy groups -OCH3 is 1. The van der Waals surface area contributed by atoms with Crippen molar-refractivity contribution in [1.29, 1.82) is 0 Å². The summed E-state index contributed by atoms with van der Waals surface area (Å²) in [6, 6.07) is 4.69. The van der Waals surface area contributed by atoms with Crippen LogP contribution < -0.4 is 11.1 Å². The van der Waals surface area contributed by atoms with Crippen molar-refractivity contribution < 1.29 is 13.2 Å². The fraction of sp³-hybridized carbons (Fsp3) is 0.500. The van der Waals surface area contributed by atoms with E-state index in [1.54, 1.807) is 19.2 Å². The summed E-state index contributed by atoms with van der Waals surface area (Å²) in [7, 11) is 1.19. The standard InChI is InChI=1S/C12H21N3O3S/c1-15(2)19(16,17)10-5-6-12(11(13)9-10)14-7-4-8-18-3/h5-6,9,14H,4,7-8,13H2,1-3H3. The molecule has 0 saturated heterocycles. The number of sulfonamides is 1. The van der Waals surface area contributed by atoms with E-state index < -0.39 is 10.0 Å². The molecule has 19 heavy (non-hydrogen) atoms. The molecule has 0 heterocycles. The van der Waals surface area contributed by atoms with Crippen LogP contribution in [0.5, 0.6) is 0 Å². The van der Waals surface area contributed by atoms with Gasteiger partial charge in [0.2, 0.25) is 10.0 Å². The topological polar surface area (TPSA) is 84.7 Å². The van der Waals surface area contributed by atoms with Crippen molar-refractivity contribution in [3.63, 3.8) is 0 Å². The first-order valence-electron chi connectivity index (χ1n) is 5.94. The molecule has 7 heteroatoms. The van der Waals surface area contributed by atoms with Crippen LogP contribution in [-0.2, 0) is 14.8 Å². The molecule has 0 fully saturated rings. The second kappa shape index (κ2) is 6.74. The molecule has 0 aliphatic rings. The monoisotopic (exact) mass is 287 g/mol. The number of anilines is 2. The highest BCUT2D eigenvalue weighted by molar-refractivity contribution is 7.89. The van der Waals surface area contributed by atoms with E-state index in [0.29, 0.717) is 12.3 Å². The van der Waals surface area contributed by atoms with Gasteiger partial charge in [0.25, 0.3) is 0 Å². The Bertz CT molecular complexity index is 515. The van der Waals surface area contributed by atoms with E-state index >= 15 is 0 Å². The molecule has 0 aliphatic heterocycles. The van der Waals surface area contributed by atoms with Crippen molar-refractivity contribution in [3.8, 4) is 0 Å². The quantitative estimate of drug-likeness (QED) is 0.576. The zero-order valence-corrected chi connectivity index (χ0v) is 12.3. The first-order valence-corrected chi connectivity index (χ1v) is 7.38. The second-order valence-corrected chi connectivity index (χ2v) is 6.46. The number of ether oxygens (including phenoxy) is 1. The van der Waals surface area contributed by atoms with Crippen LogP contribution in [0.1, 0.15) is 6.42 Å². The number of nitrogen functional groups attached to an aromatic ring is 1. The van der Waals surface area contributed by atoms with Crippen molar-refractivity contribution in [2.75, 3.05) is 45.4 Å². The Labute approximate surface area is 114 Å². The fourth-order valence-corrected chi connectivity index (χ4v) is 2.45. The van der Waals surface area contributed by atoms with Gasteiger partial charge < -0.3 is 15.8 Å². The van der Waals surface area contributed by atoms with Crippen LogP contribution in [0, 0.1) is 0 Å². The first-order chi connectivity index (χ1) is 8.89. The van der Waals surface area contributed by atoms with Gasteiger partial charge in [-0.3, -0.25) is 0 Å². The van der Waals surface area contributed by atoms with Gasteiger partial charge in [0.05, 0.1) is 16.3 Å². The molecule has 1 aromatic carbocycles. The predicted octanol–water partition coefficient (Wildman–Crippen LogP) is 0.968. The average Bonchev–Trinajstić information content (AvgIpc) is 2.35. The van der Waals surface area contributed by atoms with E-state index in [2.05, 4.69) is 5.32 Å². The summed E-state index contributed by atoms with van der Waals surface area (Å²) in [5.41, 5.74) is 7.00. The zero-order valence-electron chi connectivity index (χ0n) is 11.5. The molecule has 1 aromatic rings. The first kappa shape index (κ1) is 15.7. The molecule has 1 rings (SSSR count). The maximum atomic E-state index is 11.9. The second-order valence-electron chi connectivity index (χ2n) is 4.31. The van der Waals surface area contributed by atoms with Crippen LogP contribution in [0.4, 0.5) is 11.4 Å². The lowest BCUT2D eigenvalue weighted by Crippen LogP contribution is -2.22. The summed E-state index contributed by atoms with van der Waals surface area (Å²) in [4.78, 5) is 0.192. The minimum atomic E-state index is -3.44. The van der Waals surface area contributed by atoms with Crippen LogP contribution in [0.2, 0.25) is 0 Å². The van der Waals surface area contributed by atoms with Gasteiger partial charge in [-0.05, 0) is 24.6 Å². The molecule has 0 aliphatic carbocycles. The van der Waals surface area contributed by atoms with E-state index in [4.69, 9.17) is 10.5 Å². The lowest BCUT2D eigenvalue weighted by molar-refractivity contribution is 0.198. The Morgan fingerprint density at radius 1 is 1.37 bits per heavy atom. The Kier molecular flexibility index (Phi) is 5.59. The zero-order chi connectivity index (χ0) is 14.5. The van der Waals surface area contributed by atoms with Crippen LogP contribution in [0.15, 0.2) is 23.1 Å². The molecular formula is C12H21N3O3S. The van der Waals surface area contributed by atoms with E-state index in [9.17, 15) is 8.42 Å². The van der Waals surface area contributed by atoms with E-state index in [0.717, 1.165) is 23.0 Å². The molecule has 0 unspecified atom stereocenters. The molecule has 3 N–H and O–H groups in total. The highest BCUT2D eigenvalue weighted by Crippen LogP contribution is 2.23. The van der Waals surface area contributed by atoms with Crippen molar-refractivity contribution in [3.05, 3.63) is 18.2 Å². The highest BCUT2D eigenvalue weighted by Gasteiger charge is 2.17. The molecule has 0 spiro atoms. The molecule has 108 valence electrons. The summed E-state index contributed by atoms with van der Waals surface area (Å²) in [5, 5.41) is 3.14. The van der Waals surface area contributed by atoms with Gasteiger partial charge in [0.15, 0.2) is 0 Å². The molecule has 0 radical (unpaired) electrons. The van der Waals surface area contributed by atoms with Crippen LogP contribution >= 0.6 is 0 Å². The van der Waals surface area contributed by atoms with Crippen molar-refractivity contribution in [2.45, 2.75) is 11.3 Å². The molecular weight excluding hydrogens is 266 g/mol. The number of benzene rings is 1. The smallest absolute Gasteiger partial charge is 0.242 e. The molecule has 6 nitrogen and oxygen atoms in total. The minimum Gasteiger partial charge on any atom is -0.397 e. The molecule has 0 saturated carbocycles. The number of nitrogens with two attached hydrogens (primary N) is 1. The lowest BCUT2D eigenvalue weighted by atomic mass is 10.2. The molecule has 0 atom stereocenters. The van der Waals surface area contributed by atoms with E-state index in [1.807, 2.05) is 0 Å². The van der Waals surface area contributed by atoms with Gasteiger partial charge in [-0.1, -0.05) is 0 Å². The Hall–Kier alpha value is -1.31. The van der Waals surface area contributed by atoms with Crippen LogP contribution in [0.25, 0.3) is 0 Å². The van der Waals surface area contributed by atoms with E-state index in [-0.39, 0.29) is 4.90 Å². The Morgan fingerprint density at radius 2 is 2.05 bits per heavy atom. The molecule has 0 amide bonds. The van der Waals surface area contributed by atoms with Crippen molar-refractivity contribution in [1.82, 2.24) is 4.31 Å². The Balaban J connectivity index is 2.81. The van der Waals surface area contributed by atoms with Gasteiger partial charge in [-0.2, -0.15) is 0 Å². The normalized spacial score (nSPS) is 11.8. The molecule has 0 aromatic heterocycles. The van der Waals surface area contributed by atoms with Crippen LogP contribution in [0.3, 0.4) is 0 Å². The number of hydrogen-bond donors (Lipinski definition) is 2. The maximum Gasteiger partial charge on any atom is 0.242 e. The predicted molar refractivity (Wildman–Crippen MR) is 76.7 cm³/mol. The molecule has 0 bridgehead atoms. The van der Waals surface area contributed by atoms with Crippen LogP contribution in [-0.4, -0.2) is 47.1 Å². The highest BCUT2D eigenvalue weighted by atomic mass is 32.2. The number of rotatable bonds is 7. The fourth-order valence-electron chi connectivity index (χ4n) is 1.51. The van der Waals surface area contributed by atoms with Crippen molar-refractivity contribution in [2.24, 2.45) is 0 Å². The number of nitrogens with zero attached hydrogens (tertiary/aromatic N) is 1. The SMILES string of the molecule is COCCCNc1ccc(S(=O)(=O)N(C)C)cc1N. The van der Waals surface area contributed by atoms with Gasteiger partial charge in [-0.25, -0.2) is 12.7 Å². The lowest BCUT2D eigenvalue weighted by Gasteiger charge is -2.14. The minimum absolute atomic E-state index is 0.192. The summed E-state index contributed by atoms with van der Waals surface area (Å²) in [6.45, 7) is 1.39. The summed E-state index contributed by atoms with van der Waals surface area (Å²) in [5.74, 6) is 0. The third-order valence-electron chi connectivity index (χ3n) is 2.64.